The van der Waals surface area contributed by atoms with Crippen molar-refractivity contribution in [3.05, 3.63) is 63.5 Å². The molecule has 6 nitrogen and oxygen atoms in total. The zero-order chi connectivity index (χ0) is 18.9. The summed E-state index contributed by atoms with van der Waals surface area (Å²) in [6.07, 6.45) is -2.21. The fourth-order valence-corrected chi connectivity index (χ4v) is 2.49. The molecule has 9 heteroatoms. The number of aryl methyl sites for hydroxylation is 1. The van der Waals surface area contributed by atoms with Crippen molar-refractivity contribution in [2.45, 2.75) is 26.1 Å². The van der Waals surface area contributed by atoms with Gasteiger partial charge in [0.15, 0.2) is 0 Å². The van der Waals surface area contributed by atoms with Crippen LogP contribution in [0.5, 0.6) is 0 Å². The molecular weight excluding hydrogens is 349 g/mol. The molecule has 1 amide bonds. The minimum atomic E-state index is -4.51. The largest absolute Gasteiger partial charge is 0.416 e. The Morgan fingerprint density at radius 1 is 1.23 bits per heavy atom. The summed E-state index contributed by atoms with van der Waals surface area (Å²) < 4.78 is 38.2. The van der Waals surface area contributed by atoms with Crippen molar-refractivity contribution < 1.29 is 18.0 Å². The third-order valence-electron chi connectivity index (χ3n) is 3.87. The van der Waals surface area contributed by atoms with E-state index < -0.39 is 23.2 Å². The SMILES string of the molecule is CCc1ncc(CNC(=O)c2cc3ccc(C(F)(F)F)cc3[nH]c2=O)[nH]1. The summed E-state index contributed by atoms with van der Waals surface area (Å²) in [5.74, 6) is 0.152. The van der Waals surface area contributed by atoms with Gasteiger partial charge in [0.25, 0.3) is 11.5 Å². The number of benzene rings is 1. The molecular formula is C17H15F3N4O2. The molecule has 0 aliphatic heterocycles. The van der Waals surface area contributed by atoms with Crippen LogP contribution in [0.25, 0.3) is 10.9 Å². The molecule has 136 valence electrons. The van der Waals surface area contributed by atoms with Crippen molar-refractivity contribution in [2.75, 3.05) is 0 Å². The number of pyridine rings is 1. The van der Waals surface area contributed by atoms with Gasteiger partial charge in [0.1, 0.15) is 11.4 Å². The number of fused-ring (bicyclic) bond motifs is 1. The van der Waals surface area contributed by atoms with Crippen molar-refractivity contribution in [3.63, 3.8) is 0 Å². The Hall–Kier alpha value is -3.10. The molecule has 2 heterocycles. The van der Waals surface area contributed by atoms with Crippen LogP contribution in [0.15, 0.2) is 35.3 Å². The molecule has 0 spiro atoms. The standard InChI is InChI=1S/C17H15F3N4O2/c1-2-14-21-7-11(23-14)8-22-15(25)12-5-9-3-4-10(17(18,19)20)6-13(9)24-16(12)26/h3-7H,2,8H2,1H3,(H,21,23)(H,22,25)(H,24,26). The fourth-order valence-electron chi connectivity index (χ4n) is 2.49. The number of rotatable bonds is 4. The van der Waals surface area contributed by atoms with E-state index in [1.54, 1.807) is 6.20 Å². The quantitative estimate of drug-likeness (QED) is 0.665. The van der Waals surface area contributed by atoms with Gasteiger partial charge in [0.05, 0.1) is 24.0 Å². The third-order valence-corrected chi connectivity index (χ3v) is 3.87. The number of carbonyl (C=O) groups is 1. The van der Waals surface area contributed by atoms with Gasteiger partial charge < -0.3 is 15.3 Å². The molecule has 0 bridgehead atoms. The van der Waals surface area contributed by atoms with E-state index >= 15 is 0 Å². The first kappa shape index (κ1) is 17.7. The van der Waals surface area contributed by atoms with Gasteiger partial charge >= 0.3 is 6.18 Å². The van der Waals surface area contributed by atoms with Crippen molar-refractivity contribution in [3.8, 4) is 0 Å². The van der Waals surface area contributed by atoms with Crippen LogP contribution in [-0.4, -0.2) is 20.9 Å². The molecule has 0 saturated carbocycles. The van der Waals surface area contributed by atoms with Gasteiger partial charge in [-0.2, -0.15) is 13.2 Å². The molecule has 3 rings (SSSR count). The number of halogens is 3. The molecule has 0 saturated heterocycles. The lowest BCUT2D eigenvalue weighted by atomic mass is 10.1. The Labute approximate surface area is 145 Å². The summed E-state index contributed by atoms with van der Waals surface area (Å²) in [4.78, 5) is 33.8. The summed E-state index contributed by atoms with van der Waals surface area (Å²) in [6.45, 7) is 2.08. The normalized spacial score (nSPS) is 11.7. The molecule has 0 fully saturated rings. The highest BCUT2D eigenvalue weighted by Gasteiger charge is 2.30. The number of hydrogen-bond acceptors (Lipinski definition) is 3. The maximum Gasteiger partial charge on any atom is 0.416 e. The summed E-state index contributed by atoms with van der Waals surface area (Å²) in [5, 5.41) is 2.91. The number of H-pyrrole nitrogens is 2. The first-order chi connectivity index (χ1) is 12.3. The number of nitrogens with zero attached hydrogens (tertiary/aromatic N) is 1. The van der Waals surface area contributed by atoms with E-state index in [1.165, 1.54) is 12.1 Å². The lowest BCUT2D eigenvalue weighted by Crippen LogP contribution is -2.29. The molecule has 0 atom stereocenters. The maximum absolute atomic E-state index is 12.7. The van der Waals surface area contributed by atoms with Gasteiger partial charge in [-0.3, -0.25) is 9.59 Å². The molecule has 2 aromatic heterocycles. The van der Waals surface area contributed by atoms with Gasteiger partial charge in [0.2, 0.25) is 0 Å². The second kappa shape index (κ2) is 6.66. The molecule has 0 unspecified atom stereocenters. The van der Waals surface area contributed by atoms with Crippen LogP contribution in [0.3, 0.4) is 0 Å². The summed E-state index contributed by atoms with van der Waals surface area (Å²) in [7, 11) is 0. The topological polar surface area (TPSA) is 90.6 Å². The number of alkyl halides is 3. The van der Waals surface area contributed by atoms with E-state index in [2.05, 4.69) is 20.3 Å². The Morgan fingerprint density at radius 2 is 2.00 bits per heavy atom. The fraction of sp³-hybridized carbons (Fsp3) is 0.235. The summed E-state index contributed by atoms with van der Waals surface area (Å²) >= 11 is 0. The number of imidazole rings is 1. The Balaban J connectivity index is 1.84. The Bertz CT molecular complexity index is 1020. The van der Waals surface area contributed by atoms with Crippen LogP contribution in [0, 0.1) is 0 Å². The van der Waals surface area contributed by atoms with Crippen molar-refractivity contribution in [2.24, 2.45) is 0 Å². The van der Waals surface area contributed by atoms with Crippen molar-refractivity contribution in [1.29, 1.82) is 0 Å². The minimum absolute atomic E-state index is 0.0162. The van der Waals surface area contributed by atoms with Gasteiger partial charge in [-0.05, 0) is 23.6 Å². The molecule has 3 aromatic rings. The Morgan fingerprint density at radius 3 is 2.65 bits per heavy atom. The van der Waals surface area contributed by atoms with Crippen LogP contribution in [0.1, 0.15) is 34.4 Å². The number of nitrogens with one attached hydrogen (secondary N) is 3. The van der Waals surface area contributed by atoms with Gasteiger partial charge in [-0.25, -0.2) is 4.98 Å². The predicted octanol–water partition coefficient (Wildman–Crippen LogP) is 2.76. The van der Waals surface area contributed by atoms with Crippen LogP contribution >= 0.6 is 0 Å². The van der Waals surface area contributed by atoms with E-state index in [4.69, 9.17) is 0 Å². The van der Waals surface area contributed by atoms with Crippen LogP contribution in [0.4, 0.5) is 13.2 Å². The number of amides is 1. The van der Waals surface area contributed by atoms with Crippen LogP contribution in [0.2, 0.25) is 0 Å². The lowest BCUT2D eigenvalue weighted by molar-refractivity contribution is -0.137. The van der Waals surface area contributed by atoms with Gasteiger partial charge in [-0.15, -0.1) is 0 Å². The average molecular weight is 364 g/mol. The molecule has 3 N–H and O–H groups in total. The smallest absolute Gasteiger partial charge is 0.346 e. The third kappa shape index (κ3) is 3.61. The lowest BCUT2D eigenvalue weighted by Gasteiger charge is -2.09. The highest BCUT2D eigenvalue weighted by molar-refractivity contribution is 5.97. The maximum atomic E-state index is 12.7. The highest BCUT2D eigenvalue weighted by atomic mass is 19.4. The molecule has 0 radical (unpaired) electrons. The van der Waals surface area contributed by atoms with Gasteiger partial charge in [-0.1, -0.05) is 13.0 Å². The van der Waals surface area contributed by atoms with Crippen LogP contribution < -0.4 is 10.9 Å². The summed E-state index contributed by atoms with van der Waals surface area (Å²) in [5.41, 5.74) is -1.10. The predicted molar refractivity (Wildman–Crippen MR) is 88.7 cm³/mol. The monoisotopic (exact) mass is 364 g/mol. The van der Waals surface area contributed by atoms with E-state index in [1.807, 2.05) is 6.92 Å². The minimum Gasteiger partial charge on any atom is -0.346 e. The number of hydrogen-bond donors (Lipinski definition) is 3. The first-order valence-corrected chi connectivity index (χ1v) is 7.83. The number of carbonyl (C=O) groups excluding carboxylic acids is 1. The second-order valence-electron chi connectivity index (χ2n) is 5.70. The zero-order valence-corrected chi connectivity index (χ0v) is 13.7. The molecule has 26 heavy (non-hydrogen) atoms. The van der Waals surface area contributed by atoms with Crippen molar-refractivity contribution >= 4 is 16.8 Å². The first-order valence-electron chi connectivity index (χ1n) is 7.83. The summed E-state index contributed by atoms with van der Waals surface area (Å²) in [6, 6.07) is 4.23. The zero-order valence-electron chi connectivity index (χ0n) is 13.7. The van der Waals surface area contributed by atoms with Crippen LogP contribution in [-0.2, 0) is 19.1 Å². The van der Waals surface area contributed by atoms with E-state index in [-0.39, 0.29) is 17.6 Å². The second-order valence-corrected chi connectivity index (χ2v) is 5.70. The molecule has 0 aliphatic rings. The number of aromatic nitrogens is 3. The van der Waals surface area contributed by atoms with E-state index in [0.717, 1.165) is 24.4 Å². The Kier molecular flexibility index (Phi) is 4.54. The van der Waals surface area contributed by atoms with Gasteiger partial charge in [0, 0.05) is 11.9 Å². The van der Waals surface area contributed by atoms with E-state index in [0.29, 0.717) is 11.1 Å². The molecule has 0 aliphatic carbocycles. The van der Waals surface area contributed by atoms with Crippen molar-refractivity contribution in [1.82, 2.24) is 20.3 Å². The number of aromatic amines is 2. The van der Waals surface area contributed by atoms with E-state index in [9.17, 15) is 22.8 Å². The average Bonchev–Trinajstić information content (AvgIpc) is 3.06. The highest BCUT2D eigenvalue weighted by Crippen LogP contribution is 2.30. The molecule has 1 aromatic carbocycles.